The molecule has 3 rings (SSSR count). The van der Waals surface area contributed by atoms with Crippen molar-refractivity contribution in [3.8, 4) is 11.5 Å². The fourth-order valence-electron chi connectivity index (χ4n) is 3.15. The summed E-state index contributed by atoms with van der Waals surface area (Å²) >= 11 is 0. The summed E-state index contributed by atoms with van der Waals surface area (Å²) in [4.78, 5) is 11.3. The van der Waals surface area contributed by atoms with Gasteiger partial charge in [-0.15, -0.1) is 0 Å². The van der Waals surface area contributed by atoms with Crippen LogP contribution in [-0.2, 0) is 20.7 Å². The fraction of sp³-hybridized carbons (Fsp3) is 0.381. The van der Waals surface area contributed by atoms with Gasteiger partial charge in [-0.05, 0) is 35.4 Å². The molecular formula is C21H24O8. The number of hydrogen-bond acceptors (Lipinski definition) is 8. The molecule has 5 atom stereocenters. The molecule has 8 heteroatoms. The highest BCUT2D eigenvalue weighted by atomic mass is 16.5. The lowest BCUT2D eigenvalue weighted by Crippen LogP contribution is -2.55. The number of benzene rings is 2. The quantitative estimate of drug-likeness (QED) is 0.519. The Morgan fingerprint density at radius 2 is 1.52 bits per heavy atom. The molecule has 0 amide bonds. The van der Waals surface area contributed by atoms with Crippen molar-refractivity contribution in [3.63, 3.8) is 0 Å². The summed E-state index contributed by atoms with van der Waals surface area (Å²) in [7, 11) is 1.34. The maximum atomic E-state index is 11.3. The maximum absolute atomic E-state index is 11.3. The van der Waals surface area contributed by atoms with Gasteiger partial charge >= 0.3 is 5.97 Å². The van der Waals surface area contributed by atoms with Crippen LogP contribution in [0.1, 0.15) is 17.2 Å². The Morgan fingerprint density at radius 1 is 0.931 bits per heavy atom. The minimum atomic E-state index is -1.43. The zero-order chi connectivity index (χ0) is 21.0. The molecule has 0 bridgehead atoms. The first-order valence-corrected chi connectivity index (χ1v) is 9.17. The first kappa shape index (κ1) is 21.2. The van der Waals surface area contributed by atoms with Crippen molar-refractivity contribution in [1.29, 1.82) is 0 Å². The second-order valence-electron chi connectivity index (χ2n) is 6.82. The van der Waals surface area contributed by atoms with Crippen LogP contribution in [0.4, 0.5) is 0 Å². The number of esters is 1. The second-order valence-corrected chi connectivity index (χ2v) is 6.82. The lowest BCUT2D eigenvalue weighted by molar-refractivity contribution is -0.231. The van der Waals surface area contributed by atoms with Crippen LogP contribution in [0.3, 0.4) is 0 Å². The maximum Gasteiger partial charge on any atom is 0.309 e. The highest BCUT2D eigenvalue weighted by Crippen LogP contribution is 2.33. The van der Waals surface area contributed by atoms with Crippen molar-refractivity contribution in [2.45, 2.75) is 36.9 Å². The van der Waals surface area contributed by atoms with E-state index in [4.69, 9.17) is 9.47 Å². The van der Waals surface area contributed by atoms with Crippen molar-refractivity contribution >= 4 is 5.97 Å². The molecule has 8 nitrogen and oxygen atoms in total. The Morgan fingerprint density at radius 3 is 2.07 bits per heavy atom. The van der Waals surface area contributed by atoms with Crippen molar-refractivity contribution in [2.24, 2.45) is 0 Å². The molecule has 1 aliphatic rings. The molecule has 4 N–H and O–H groups in total. The van der Waals surface area contributed by atoms with Crippen LogP contribution in [-0.4, -0.2) is 64.5 Å². The van der Waals surface area contributed by atoms with Crippen LogP contribution < -0.4 is 4.74 Å². The Balaban J connectivity index is 1.66. The van der Waals surface area contributed by atoms with Gasteiger partial charge in [0.1, 0.15) is 42.0 Å². The molecule has 0 aliphatic carbocycles. The summed E-state index contributed by atoms with van der Waals surface area (Å²) in [6, 6.07) is 13.7. The van der Waals surface area contributed by atoms with Gasteiger partial charge in [0.25, 0.3) is 0 Å². The summed E-state index contributed by atoms with van der Waals surface area (Å²) in [6.45, 7) is -0.478. The van der Waals surface area contributed by atoms with Gasteiger partial charge in [0.15, 0.2) is 0 Å². The van der Waals surface area contributed by atoms with Crippen LogP contribution in [0.5, 0.6) is 11.5 Å². The molecule has 1 aliphatic heterocycles. The van der Waals surface area contributed by atoms with Crippen LogP contribution in [0, 0.1) is 0 Å². The third-order valence-corrected chi connectivity index (χ3v) is 4.84. The lowest BCUT2D eigenvalue weighted by atomic mass is 9.91. The summed E-state index contributed by atoms with van der Waals surface area (Å²) in [5.41, 5.74) is 1.38. The normalized spacial score (nSPS) is 26.7. The lowest BCUT2D eigenvalue weighted by Gasteiger charge is -2.40. The number of aliphatic hydroxyl groups excluding tert-OH is 4. The number of carbonyl (C=O) groups is 1. The Bertz CT molecular complexity index is 802. The van der Waals surface area contributed by atoms with E-state index in [1.165, 1.54) is 7.11 Å². The summed E-state index contributed by atoms with van der Waals surface area (Å²) < 4.78 is 15.9. The van der Waals surface area contributed by atoms with E-state index < -0.39 is 37.1 Å². The van der Waals surface area contributed by atoms with E-state index in [1.807, 2.05) is 0 Å². The van der Waals surface area contributed by atoms with Crippen LogP contribution >= 0.6 is 0 Å². The molecule has 1 heterocycles. The van der Waals surface area contributed by atoms with Gasteiger partial charge < -0.3 is 34.6 Å². The molecule has 0 aromatic heterocycles. The Labute approximate surface area is 167 Å². The minimum absolute atomic E-state index is 0.185. The van der Waals surface area contributed by atoms with E-state index in [1.54, 1.807) is 48.5 Å². The monoisotopic (exact) mass is 404 g/mol. The van der Waals surface area contributed by atoms with Crippen LogP contribution in [0.15, 0.2) is 48.5 Å². The molecule has 29 heavy (non-hydrogen) atoms. The molecule has 5 unspecified atom stereocenters. The summed E-state index contributed by atoms with van der Waals surface area (Å²) in [5.74, 6) is 0.806. The van der Waals surface area contributed by atoms with Gasteiger partial charge in [-0.25, -0.2) is 0 Å². The molecular weight excluding hydrogens is 380 g/mol. The molecule has 1 saturated heterocycles. The molecule has 0 radical (unpaired) electrons. The smallest absolute Gasteiger partial charge is 0.309 e. The number of carbonyl (C=O) groups excluding carboxylic acids is 1. The van der Waals surface area contributed by atoms with E-state index in [2.05, 4.69) is 4.74 Å². The van der Waals surface area contributed by atoms with E-state index in [-0.39, 0.29) is 12.4 Å². The SMILES string of the molecule is COC(=O)Cc1ccc(Oc2ccc(C3OC(CO)C(O)C(O)C3O)cc2)cc1. The third kappa shape index (κ3) is 4.92. The summed E-state index contributed by atoms with van der Waals surface area (Å²) in [6.07, 6.45) is -5.82. The van der Waals surface area contributed by atoms with E-state index in [0.29, 0.717) is 17.1 Å². The summed E-state index contributed by atoms with van der Waals surface area (Å²) in [5, 5.41) is 39.3. The zero-order valence-corrected chi connectivity index (χ0v) is 15.8. The molecule has 2 aromatic rings. The first-order chi connectivity index (χ1) is 13.9. The predicted octanol–water partition coefficient (Wildman–Crippen LogP) is 0.709. The molecule has 1 fully saturated rings. The molecule has 0 saturated carbocycles. The fourth-order valence-corrected chi connectivity index (χ4v) is 3.15. The van der Waals surface area contributed by atoms with Crippen LogP contribution in [0.2, 0.25) is 0 Å². The van der Waals surface area contributed by atoms with Gasteiger partial charge in [0, 0.05) is 0 Å². The Kier molecular flexibility index (Phi) is 6.83. The third-order valence-electron chi connectivity index (χ3n) is 4.84. The highest BCUT2D eigenvalue weighted by molar-refractivity contribution is 5.72. The van der Waals surface area contributed by atoms with Gasteiger partial charge in [0.2, 0.25) is 0 Å². The van der Waals surface area contributed by atoms with Crippen molar-refractivity contribution in [2.75, 3.05) is 13.7 Å². The van der Waals surface area contributed by atoms with Gasteiger partial charge in [0.05, 0.1) is 20.1 Å². The van der Waals surface area contributed by atoms with E-state index in [0.717, 1.165) is 5.56 Å². The van der Waals surface area contributed by atoms with Crippen molar-refractivity contribution < 1.29 is 39.4 Å². The first-order valence-electron chi connectivity index (χ1n) is 9.17. The average molecular weight is 404 g/mol. The van der Waals surface area contributed by atoms with Crippen LogP contribution in [0.25, 0.3) is 0 Å². The molecule has 2 aromatic carbocycles. The van der Waals surface area contributed by atoms with Gasteiger partial charge in [-0.3, -0.25) is 4.79 Å². The minimum Gasteiger partial charge on any atom is -0.469 e. The standard InChI is InChI=1S/C21H24O8/c1-27-17(23)10-12-2-6-14(7-3-12)28-15-8-4-13(5-9-15)21-20(26)19(25)18(24)16(11-22)29-21/h2-9,16,18-22,24-26H,10-11H2,1H3. The highest BCUT2D eigenvalue weighted by Gasteiger charge is 2.43. The van der Waals surface area contributed by atoms with Crippen molar-refractivity contribution in [1.82, 2.24) is 0 Å². The second kappa shape index (κ2) is 9.34. The average Bonchev–Trinajstić information content (AvgIpc) is 2.74. The van der Waals surface area contributed by atoms with Crippen molar-refractivity contribution in [3.05, 3.63) is 59.7 Å². The van der Waals surface area contributed by atoms with E-state index >= 15 is 0 Å². The topological polar surface area (TPSA) is 126 Å². The number of methoxy groups -OCH3 is 1. The van der Waals surface area contributed by atoms with Gasteiger partial charge in [-0.2, -0.15) is 0 Å². The number of aliphatic hydroxyl groups is 4. The number of hydrogen-bond donors (Lipinski definition) is 4. The molecule has 156 valence electrons. The number of rotatable bonds is 6. The predicted molar refractivity (Wildman–Crippen MR) is 101 cm³/mol. The van der Waals surface area contributed by atoms with E-state index in [9.17, 15) is 25.2 Å². The molecule has 0 spiro atoms. The Hall–Kier alpha value is -2.49. The van der Waals surface area contributed by atoms with Gasteiger partial charge in [-0.1, -0.05) is 24.3 Å². The largest absolute Gasteiger partial charge is 0.469 e. The zero-order valence-electron chi connectivity index (χ0n) is 15.8. The number of ether oxygens (including phenoxy) is 3.